The maximum atomic E-state index is 12.7. The van der Waals surface area contributed by atoms with Gasteiger partial charge in [-0.05, 0) is 48.9 Å². The number of rotatable bonds is 7. The summed E-state index contributed by atoms with van der Waals surface area (Å²) in [5, 5.41) is 0. The van der Waals surface area contributed by atoms with Gasteiger partial charge in [0, 0.05) is 27.1 Å². The van der Waals surface area contributed by atoms with Crippen LogP contribution in [0, 0.1) is 0 Å². The molecule has 0 aromatic heterocycles. The Morgan fingerprint density at radius 1 is 0.806 bits per heavy atom. The van der Waals surface area contributed by atoms with Gasteiger partial charge in [-0.3, -0.25) is 14.4 Å². The molecular weight excluding hydrogens is 464 g/mol. The third-order valence-corrected chi connectivity index (χ3v) is 9.04. The number of benzene rings is 2. The molecule has 3 rings (SSSR count). The number of anilines is 1. The lowest BCUT2D eigenvalue weighted by atomic mass is 10.3. The lowest BCUT2D eigenvalue weighted by Gasteiger charge is -2.13. The molecule has 1 aliphatic heterocycles. The van der Waals surface area contributed by atoms with Gasteiger partial charge in [-0.2, -0.15) is 0 Å². The molecule has 0 amide bonds. The molecule has 2 aromatic rings. The minimum Gasteiger partial charge on any atom is -0.280 e. The van der Waals surface area contributed by atoms with Gasteiger partial charge in [0.2, 0.25) is 10.0 Å². The number of aliphatic imine (C=N–C) groups is 1. The maximum Gasteiger partial charge on any atom is 0.262 e. The Labute approximate surface area is 182 Å². The van der Waals surface area contributed by atoms with Crippen LogP contribution in [0.15, 0.2) is 68.2 Å². The van der Waals surface area contributed by atoms with E-state index < -0.39 is 30.1 Å². The van der Waals surface area contributed by atoms with Crippen molar-refractivity contribution in [3.8, 4) is 0 Å². The Hall–Kier alpha value is -2.48. The minimum absolute atomic E-state index is 0.0428. The van der Waals surface area contributed by atoms with E-state index in [0.717, 1.165) is 10.7 Å². The summed E-state index contributed by atoms with van der Waals surface area (Å²) in [7, 11) is -8.93. The Kier molecular flexibility index (Phi) is 6.41. The molecule has 31 heavy (non-hydrogen) atoms. The Bertz CT molecular complexity index is 1320. The van der Waals surface area contributed by atoms with Gasteiger partial charge in [0.1, 0.15) is 5.84 Å². The predicted octanol–water partition coefficient (Wildman–Crippen LogP) is 1.21. The molecule has 2 aromatic carbocycles. The second-order valence-electron chi connectivity index (χ2n) is 6.93. The molecule has 0 bridgehead atoms. The van der Waals surface area contributed by atoms with Crippen LogP contribution in [-0.2, 0) is 30.1 Å². The highest BCUT2D eigenvalue weighted by molar-refractivity contribution is 7.92. The van der Waals surface area contributed by atoms with Crippen LogP contribution >= 0.6 is 0 Å². The first-order valence-corrected chi connectivity index (χ1v) is 13.5. The van der Waals surface area contributed by atoms with Gasteiger partial charge in [-0.15, -0.1) is 0 Å². The number of nitrogens with zero attached hydrogens (tertiary/aromatic N) is 2. The van der Waals surface area contributed by atoms with E-state index >= 15 is 0 Å². The standard InChI is InChI=1S/C18H22N4O6S3/c1-22(2)31(27,28)16-10-8-15(9-11-16)29(23,24)20-14-5-3-6-17(13-14)30(25,26)21-18-7-4-12-19-18/h3,5-6,8-11,13,20H,4,7,12H2,1-2H3,(H,19,21). The molecule has 10 nitrogen and oxygen atoms in total. The summed E-state index contributed by atoms with van der Waals surface area (Å²) in [5.41, 5.74) is 0.0428. The zero-order chi connectivity index (χ0) is 22.9. The van der Waals surface area contributed by atoms with Crippen molar-refractivity contribution in [1.82, 2.24) is 9.03 Å². The Morgan fingerprint density at radius 2 is 1.42 bits per heavy atom. The summed E-state index contributed by atoms with van der Waals surface area (Å²) < 4.78 is 80.4. The molecule has 0 spiro atoms. The van der Waals surface area contributed by atoms with Crippen LogP contribution < -0.4 is 9.44 Å². The van der Waals surface area contributed by atoms with Gasteiger partial charge in [0.15, 0.2) is 0 Å². The van der Waals surface area contributed by atoms with E-state index in [1.807, 2.05) is 0 Å². The summed E-state index contributed by atoms with van der Waals surface area (Å²) in [4.78, 5) is 3.74. The maximum absolute atomic E-state index is 12.7. The highest BCUT2D eigenvalue weighted by Gasteiger charge is 2.22. The molecule has 0 fully saturated rings. The van der Waals surface area contributed by atoms with E-state index in [1.165, 1.54) is 62.6 Å². The first-order chi connectivity index (χ1) is 14.4. The Balaban J connectivity index is 1.83. The lowest BCUT2D eigenvalue weighted by molar-refractivity contribution is 0.520. The van der Waals surface area contributed by atoms with E-state index in [-0.39, 0.29) is 20.4 Å². The van der Waals surface area contributed by atoms with Crippen molar-refractivity contribution >= 4 is 41.6 Å². The second kappa shape index (κ2) is 8.57. The van der Waals surface area contributed by atoms with Crippen LogP contribution in [0.2, 0.25) is 0 Å². The van der Waals surface area contributed by atoms with Crippen molar-refractivity contribution in [2.75, 3.05) is 25.4 Å². The van der Waals surface area contributed by atoms with E-state index in [2.05, 4.69) is 14.4 Å². The van der Waals surface area contributed by atoms with Crippen LogP contribution in [-0.4, -0.2) is 56.0 Å². The van der Waals surface area contributed by atoms with Crippen LogP contribution in [0.4, 0.5) is 5.69 Å². The number of hydrogen-bond donors (Lipinski definition) is 2. The smallest absolute Gasteiger partial charge is 0.262 e. The highest BCUT2D eigenvalue weighted by Crippen LogP contribution is 2.22. The van der Waals surface area contributed by atoms with Crippen LogP contribution in [0.5, 0.6) is 0 Å². The summed E-state index contributed by atoms with van der Waals surface area (Å²) in [6.45, 7) is 0.562. The third kappa shape index (κ3) is 5.23. The first-order valence-electron chi connectivity index (χ1n) is 9.13. The number of amidine groups is 1. The number of hydrogen-bond acceptors (Lipinski definition) is 7. The third-order valence-electron chi connectivity index (χ3n) is 4.44. The van der Waals surface area contributed by atoms with E-state index in [4.69, 9.17) is 0 Å². The SMILES string of the molecule is CN(C)S(=O)(=O)c1ccc(S(=O)(=O)Nc2cccc(S(=O)(=O)NC3=NCCC3)c2)cc1. The summed E-state index contributed by atoms with van der Waals surface area (Å²) >= 11 is 0. The fraction of sp³-hybridized carbons (Fsp3) is 0.278. The van der Waals surface area contributed by atoms with E-state index in [0.29, 0.717) is 18.8 Å². The Morgan fingerprint density at radius 3 is 2.00 bits per heavy atom. The fourth-order valence-electron chi connectivity index (χ4n) is 2.78. The molecule has 0 radical (unpaired) electrons. The van der Waals surface area contributed by atoms with Crippen LogP contribution in [0.25, 0.3) is 0 Å². The van der Waals surface area contributed by atoms with E-state index in [9.17, 15) is 25.3 Å². The van der Waals surface area contributed by atoms with Crippen molar-refractivity contribution < 1.29 is 25.3 Å². The average molecular weight is 487 g/mol. The van der Waals surface area contributed by atoms with Crippen molar-refractivity contribution in [1.29, 1.82) is 0 Å². The van der Waals surface area contributed by atoms with Gasteiger partial charge < -0.3 is 0 Å². The van der Waals surface area contributed by atoms with Crippen molar-refractivity contribution in [3.63, 3.8) is 0 Å². The van der Waals surface area contributed by atoms with Crippen LogP contribution in [0.3, 0.4) is 0 Å². The lowest BCUT2D eigenvalue weighted by Crippen LogP contribution is -2.29. The summed E-state index contributed by atoms with van der Waals surface area (Å²) in [5.74, 6) is 0.374. The van der Waals surface area contributed by atoms with Gasteiger partial charge in [-0.25, -0.2) is 29.6 Å². The minimum atomic E-state index is -4.08. The second-order valence-corrected chi connectivity index (χ2v) is 12.4. The van der Waals surface area contributed by atoms with E-state index in [1.54, 1.807) is 0 Å². The van der Waals surface area contributed by atoms with Crippen molar-refractivity contribution in [2.24, 2.45) is 4.99 Å². The van der Waals surface area contributed by atoms with Gasteiger partial charge in [0.05, 0.1) is 20.4 Å². The molecule has 1 aliphatic rings. The predicted molar refractivity (Wildman–Crippen MR) is 116 cm³/mol. The molecule has 0 atom stereocenters. The normalized spacial score (nSPS) is 15.0. The molecule has 0 saturated carbocycles. The molecule has 1 heterocycles. The molecule has 168 valence electrons. The molecule has 0 saturated heterocycles. The van der Waals surface area contributed by atoms with Gasteiger partial charge in [-0.1, -0.05) is 6.07 Å². The molecular formula is C18H22N4O6S3. The molecule has 2 N–H and O–H groups in total. The zero-order valence-electron chi connectivity index (χ0n) is 16.8. The number of sulfonamides is 3. The zero-order valence-corrected chi connectivity index (χ0v) is 19.3. The summed E-state index contributed by atoms with van der Waals surface area (Å²) in [6.07, 6.45) is 1.30. The first kappa shape index (κ1) is 23.2. The largest absolute Gasteiger partial charge is 0.280 e. The van der Waals surface area contributed by atoms with Gasteiger partial charge in [0.25, 0.3) is 20.0 Å². The summed E-state index contributed by atoms with van der Waals surface area (Å²) in [6, 6.07) is 10.1. The average Bonchev–Trinajstić information content (AvgIpc) is 3.20. The molecule has 13 heteroatoms. The monoisotopic (exact) mass is 486 g/mol. The topological polar surface area (TPSA) is 142 Å². The van der Waals surface area contributed by atoms with Gasteiger partial charge >= 0.3 is 0 Å². The molecule has 0 aliphatic carbocycles. The van der Waals surface area contributed by atoms with Crippen molar-refractivity contribution in [3.05, 3.63) is 48.5 Å². The quantitative estimate of drug-likeness (QED) is 0.602. The number of nitrogens with one attached hydrogen (secondary N) is 2. The van der Waals surface area contributed by atoms with Crippen LogP contribution in [0.1, 0.15) is 12.8 Å². The fourth-order valence-corrected chi connectivity index (χ4v) is 5.86. The van der Waals surface area contributed by atoms with Crippen molar-refractivity contribution in [2.45, 2.75) is 27.5 Å². The highest BCUT2D eigenvalue weighted by atomic mass is 32.2. The molecule has 0 unspecified atom stereocenters.